The fourth-order valence-electron chi connectivity index (χ4n) is 2.68. The normalized spacial score (nSPS) is 27.3. The van der Waals surface area contributed by atoms with E-state index in [0.29, 0.717) is 13.1 Å². The molecule has 0 spiro atoms. The zero-order chi connectivity index (χ0) is 12.5. The number of hydrogen-bond donors (Lipinski definition) is 2. The maximum Gasteiger partial charge on any atom is 0.0758 e. The summed E-state index contributed by atoms with van der Waals surface area (Å²) >= 11 is 0. The molecule has 1 saturated heterocycles. The highest BCUT2D eigenvalue weighted by Crippen LogP contribution is 2.30. The average Bonchev–Trinajstić information content (AvgIpc) is 2.63. The molecule has 1 fully saturated rings. The summed E-state index contributed by atoms with van der Waals surface area (Å²) in [6.07, 6.45) is 0.829. The van der Waals surface area contributed by atoms with Crippen molar-refractivity contribution >= 4 is 0 Å². The van der Waals surface area contributed by atoms with Crippen molar-refractivity contribution in [2.24, 2.45) is 5.73 Å². The monoisotopic (exact) mass is 234 g/mol. The average molecular weight is 234 g/mol. The van der Waals surface area contributed by atoms with Crippen molar-refractivity contribution in [3.05, 3.63) is 35.4 Å². The first-order valence-corrected chi connectivity index (χ1v) is 6.25. The van der Waals surface area contributed by atoms with Gasteiger partial charge in [0.25, 0.3) is 0 Å². The second kappa shape index (κ2) is 4.77. The van der Waals surface area contributed by atoms with E-state index in [0.717, 1.165) is 13.0 Å². The van der Waals surface area contributed by atoms with Crippen LogP contribution in [0.15, 0.2) is 24.3 Å². The molecule has 3 N–H and O–H groups in total. The molecular formula is C14H22N2O. The van der Waals surface area contributed by atoms with Crippen molar-refractivity contribution in [1.82, 2.24) is 4.90 Å². The maximum atomic E-state index is 10.0. The van der Waals surface area contributed by atoms with Crippen LogP contribution in [-0.4, -0.2) is 35.2 Å². The summed E-state index contributed by atoms with van der Waals surface area (Å²) in [5.74, 6) is 0. The molecule has 17 heavy (non-hydrogen) atoms. The predicted molar refractivity (Wildman–Crippen MR) is 69.8 cm³/mol. The van der Waals surface area contributed by atoms with Crippen molar-refractivity contribution in [3.63, 3.8) is 0 Å². The highest BCUT2D eigenvalue weighted by Gasteiger charge is 2.35. The van der Waals surface area contributed by atoms with Gasteiger partial charge in [0.2, 0.25) is 0 Å². The lowest BCUT2D eigenvalue weighted by Crippen LogP contribution is -2.36. The SMILES string of the molecule is Cc1ccccc1C(CN)N1CCC(C)(O)C1. The van der Waals surface area contributed by atoms with Crippen LogP contribution in [0.3, 0.4) is 0 Å². The van der Waals surface area contributed by atoms with Crippen molar-refractivity contribution in [3.8, 4) is 0 Å². The molecule has 0 radical (unpaired) electrons. The van der Waals surface area contributed by atoms with Crippen molar-refractivity contribution in [1.29, 1.82) is 0 Å². The fraction of sp³-hybridized carbons (Fsp3) is 0.571. The Morgan fingerprint density at radius 1 is 1.47 bits per heavy atom. The molecule has 1 heterocycles. The van der Waals surface area contributed by atoms with Crippen LogP contribution in [0, 0.1) is 6.92 Å². The van der Waals surface area contributed by atoms with Gasteiger partial charge in [-0.3, -0.25) is 4.90 Å². The Morgan fingerprint density at radius 2 is 2.18 bits per heavy atom. The van der Waals surface area contributed by atoms with E-state index in [1.54, 1.807) is 0 Å². The second-order valence-electron chi connectivity index (χ2n) is 5.33. The van der Waals surface area contributed by atoms with E-state index in [-0.39, 0.29) is 6.04 Å². The van der Waals surface area contributed by atoms with Gasteiger partial charge in [-0.1, -0.05) is 24.3 Å². The van der Waals surface area contributed by atoms with Gasteiger partial charge in [0.1, 0.15) is 0 Å². The molecule has 1 aromatic carbocycles. The highest BCUT2D eigenvalue weighted by molar-refractivity contribution is 5.29. The zero-order valence-corrected chi connectivity index (χ0v) is 10.7. The first-order valence-electron chi connectivity index (χ1n) is 6.25. The minimum atomic E-state index is -0.559. The van der Waals surface area contributed by atoms with Gasteiger partial charge in [-0.25, -0.2) is 0 Å². The number of rotatable bonds is 3. The van der Waals surface area contributed by atoms with Crippen molar-refractivity contribution in [2.75, 3.05) is 19.6 Å². The summed E-state index contributed by atoms with van der Waals surface area (Å²) in [6, 6.07) is 8.59. The summed E-state index contributed by atoms with van der Waals surface area (Å²) in [5, 5.41) is 10.0. The Bertz CT molecular complexity index is 390. The lowest BCUT2D eigenvalue weighted by atomic mass is 10.00. The van der Waals surface area contributed by atoms with E-state index < -0.39 is 5.60 Å². The second-order valence-corrected chi connectivity index (χ2v) is 5.33. The number of β-amino-alcohol motifs (C(OH)–C–C–N with tert-alkyl or cyclic N) is 1. The van der Waals surface area contributed by atoms with Crippen LogP contribution in [0.2, 0.25) is 0 Å². The van der Waals surface area contributed by atoms with E-state index >= 15 is 0 Å². The first kappa shape index (κ1) is 12.6. The smallest absolute Gasteiger partial charge is 0.0758 e. The summed E-state index contributed by atoms with van der Waals surface area (Å²) in [5.41, 5.74) is 7.92. The van der Waals surface area contributed by atoms with E-state index in [4.69, 9.17) is 5.73 Å². The Kier molecular flexibility index (Phi) is 3.52. The third-order valence-electron chi connectivity index (χ3n) is 3.69. The number of hydrogen-bond acceptors (Lipinski definition) is 3. The molecule has 3 nitrogen and oxygen atoms in total. The summed E-state index contributed by atoms with van der Waals surface area (Å²) in [4.78, 5) is 2.29. The molecule has 2 rings (SSSR count). The maximum absolute atomic E-state index is 10.0. The molecule has 1 aromatic rings. The van der Waals surface area contributed by atoms with Crippen LogP contribution in [0.25, 0.3) is 0 Å². The van der Waals surface area contributed by atoms with Crippen LogP contribution in [-0.2, 0) is 0 Å². The number of aliphatic hydroxyl groups is 1. The molecule has 0 aromatic heterocycles. The van der Waals surface area contributed by atoms with Crippen LogP contribution in [0.5, 0.6) is 0 Å². The number of nitrogens with zero attached hydrogens (tertiary/aromatic N) is 1. The van der Waals surface area contributed by atoms with Gasteiger partial charge in [-0.05, 0) is 31.4 Å². The fourth-order valence-corrected chi connectivity index (χ4v) is 2.68. The molecule has 2 atom stereocenters. The molecule has 0 saturated carbocycles. The molecule has 0 amide bonds. The molecular weight excluding hydrogens is 212 g/mol. The summed E-state index contributed by atoms with van der Waals surface area (Å²) in [6.45, 7) is 6.25. The molecule has 94 valence electrons. The minimum absolute atomic E-state index is 0.227. The number of likely N-dealkylation sites (tertiary alicyclic amines) is 1. The van der Waals surface area contributed by atoms with Gasteiger partial charge >= 0.3 is 0 Å². The van der Waals surface area contributed by atoms with E-state index in [9.17, 15) is 5.11 Å². The number of nitrogens with two attached hydrogens (primary N) is 1. The Hall–Kier alpha value is -0.900. The van der Waals surface area contributed by atoms with E-state index in [1.165, 1.54) is 11.1 Å². The number of benzene rings is 1. The molecule has 1 aliphatic heterocycles. The van der Waals surface area contributed by atoms with E-state index in [2.05, 4.69) is 30.0 Å². The minimum Gasteiger partial charge on any atom is -0.389 e. The third kappa shape index (κ3) is 2.68. The molecule has 1 aliphatic rings. The highest BCUT2D eigenvalue weighted by atomic mass is 16.3. The van der Waals surface area contributed by atoms with Crippen molar-refractivity contribution in [2.45, 2.75) is 31.9 Å². The zero-order valence-electron chi connectivity index (χ0n) is 10.7. The van der Waals surface area contributed by atoms with Gasteiger partial charge in [0, 0.05) is 25.7 Å². The quantitative estimate of drug-likeness (QED) is 0.832. The Balaban J connectivity index is 2.21. The molecule has 0 bridgehead atoms. The molecule has 2 unspecified atom stereocenters. The largest absolute Gasteiger partial charge is 0.389 e. The molecule has 3 heteroatoms. The van der Waals surface area contributed by atoms with Crippen LogP contribution < -0.4 is 5.73 Å². The van der Waals surface area contributed by atoms with Crippen molar-refractivity contribution < 1.29 is 5.11 Å². The van der Waals surface area contributed by atoms with Gasteiger partial charge in [-0.2, -0.15) is 0 Å². The Labute approximate surface area is 103 Å². The van der Waals surface area contributed by atoms with Gasteiger partial charge in [0.15, 0.2) is 0 Å². The van der Waals surface area contributed by atoms with E-state index in [1.807, 2.05) is 13.0 Å². The summed E-state index contributed by atoms with van der Waals surface area (Å²) < 4.78 is 0. The summed E-state index contributed by atoms with van der Waals surface area (Å²) in [7, 11) is 0. The van der Waals surface area contributed by atoms with Crippen LogP contribution >= 0.6 is 0 Å². The van der Waals surface area contributed by atoms with Crippen LogP contribution in [0.1, 0.15) is 30.5 Å². The van der Waals surface area contributed by atoms with Crippen LogP contribution in [0.4, 0.5) is 0 Å². The Morgan fingerprint density at radius 3 is 2.71 bits per heavy atom. The first-order chi connectivity index (χ1) is 8.03. The lowest BCUT2D eigenvalue weighted by Gasteiger charge is -2.29. The van der Waals surface area contributed by atoms with Gasteiger partial charge in [0.05, 0.1) is 5.60 Å². The topological polar surface area (TPSA) is 49.5 Å². The standard InChI is InChI=1S/C14H22N2O/c1-11-5-3-4-6-12(11)13(9-15)16-8-7-14(2,17)10-16/h3-6,13,17H,7-10,15H2,1-2H3. The predicted octanol–water partition coefficient (Wildman–Crippen LogP) is 1.45. The molecule has 0 aliphatic carbocycles. The van der Waals surface area contributed by atoms with Gasteiger partial charge < -0.3 is 10.8 Å². The lowest BCUT2D eigenvalue weighted by molar-refractivity contribution is 0.0626. The number of aryl methyl sites for hydroxylation is 1. The third-order valence-corrected chi connectivity index (χ3v) is 3.69. The van der Waals surface area contributed by atoms with Gasteiger partial charge in [-0.15, -0.1) is 0 Å².